The molecule has 0 aliphatic heterocycles. The minimum absolute atomic E-state index is 0.0853. The summed E-state index contributed by atoms with van der Waals surface area (Å²) in [5, 5.41) is 11.0. The molecule has 0 fully saturated rings. The fourth-order valence-corrected chi connectivity index (χ4v) is 2.57. The maximum atomic E-state index is 12.0. The van der Waals surface area contributed by atoms with Gasteiger partial charge in [0.05, 0.1) is 30.8 Å². The second-order valence-corrected chi connectivity index (χ2v) is 5.71. The van der Waals surface area contributed by atoms with Gasteiger partial charge < -0.3 is 14.3 Å². The van der Waals surface area contributed by atoms with Gasteiger partial charge in [-0.15, -0.1) is 11.3 Å². The van der Waals surface area contributed by atoms with E-state index in [1.54, 1.807) is 11.1 Å². The van der Waals surface area contributed by atoms with Gasteiger partial charge >= 0.3 is 6.18 Å². The van der Waals surface area contributed by atoms with Crippen molar-refractivity contribution in [3.05, 3.63) is 29.6 Å². The van der Waals surface area contributed by atoms with E-state index in [-0.39, 0.29) is 19.8 Å². The molecule has 128 valence electrons. The molecule has 0 aliphatic rings. The third-order valence-corrected chi connectivity index (χ3v) is 3.79. The zero-order valence-corrected chi connectivity index (χ0v) is 13.1. The smallest absolute Gasteiger partial charge is 0.411 e. The summed E-state index contributed by atoms with van der Waals surface area (Å²) in [6.07, 6.45) is -2.72. The Morgan fingerprint density at radius 2 is 2.17 bits per heavy atom. The van der Waals surface area contributed by atoms with Gasteiger partial charge in [0.25, 0.3) is 0 Å². The first kappa shape index (κ1) is 17.9. The maximum Gasteiger partial charge on any atom is 0.411 e. The highest BCUT2D eigenvalue weighted by Crippen LogP contribution is 2.25. The number of aliphatic hydroxyl groups is 1. The van der Waals surface area contributed by atoms with Crippen LogP contribution in [0.15, 0.2) is 28.1 Å². The summed E-state index contributed by atoms with van der Waals surface area (Å²) in [4.78, 5) is 6.83. The normalized spacial score (nSPS) is 12.2. The first-order valence-corrected chi connectivity index (χ1v) is 7.82. The number of rotatable bonds is 9. The van der Waals surface area contributed by atoms with Crippen molar-refractivity contribution in [2.24, 2.45) is 0 Å². The van der Waals surface area contributed by atoms with Crippen molar-refractivity contribution in [2.75, 3.05) is 32.9 Å². The molecule has 0 radical (unpaired) electrons. The van der Waals surface area contributed by atoms with Crippen molar-refractivity contribution in [2.45, 2.75) is 12.7 Å². The second kappa shape index (κ2) is 8.44. The molecule has 9 heteroatoms. The molecule has 0 saturated heterocycles. The van der Waals surface area contributed by atoms with Gasteiger partial charge in [0, 0.05) is 13.1 Å². The van der Waals surface area contributed by atoms with Crippen LogP contribution in [0, 0.1) is 0 Å². The van der Waals surface area contributed by atoms with Crippen LogP contribution < -0.4 is 0 Å². The number of ether oxygens (including phenoxy) is 1. The topological polar surface area (TPSA) is 58.7 Å². The number of aromatic nitrogens is 1. The van der Waals surface area contributed by atoms with E-state index in [0.29, 0.717) is 24.7 Å². The molecule has 2 aromatic heterocycles. The molecule has 2 aromatic rings. The summed E-state index contributed by atoms with van der Waals surface area (Å²) in [5.74, 6) is 1.09. The lowest BCUT2D eigenvalue weighted by Gasteiger charge is -2.19. The first-order valence-electron chi connectivity index (χ1n) is 6.94. The fraction of sp³-hybridized carbons (Fsp3) is 0.500. The summed E-state index contributed by atoms with van der Waals surface area (Å²) >= 11 is 1.52. The number of hydrogen-bond donors (Lipinski definition) is 1. The SMILES string of the molecule is OCCN(CCOCC(F)(F)F)Cc1ncc(-c2cccs2)o1. The van der Waals surface area contributed by atoms with Crippen LogP contribution in [-0.2, 0) is 11.3 Å². The lowest BCUT2D eigenvalue weighted by atomic mass is 10.4. The molecule has 0 aromatic carbocycles. The number of halogens is 3. The van der Waals surface area contributed by atoms with Gasteiger partial charge in [0.15, 0.2) is 5.76 Å². The van der Waals surface area contributed by atoms with Gasteiger partial charge in [0.2, 0.25) is 5.89 Å². The lowest BCUT2D eigenvalue weighted by molar-refractivity contribution is -0.174. The van der Waals surface area contributed by atoms with Crippen molar-refractivity contribution in [1.29, 1.82) is 0 Å². The van der Waals surface area contributed by atoms with E-state index in [1.165, 1.54) is 11.3 Å². The Hall–Kier alpha value is -1.42. The molecule has 0 spiro atoms. The molecule has 0 unspecified atom stereocenters. The van der Waals surface area contributed by atoms with E-state index in [4.69, 9.17) is 9.52 Å². The van der Waals surface area contributed by atoms with Crippen molar-refractivity contribution in [3.8, 4) is 10.6 Å². The van der Waals surface area contributed by atoms with Crippen LogP contribution in [0.1, 0.15) is 5.89 Å². The predicted molar refractivity (Wildman–Crippen MR) is 79.1 cm³/mol. The van der Waals surface area contributed by atoms with Crippen LogP contribution in [0.4, 0.5) is 13.2 Å². The zero-order chi connectivity index (χ0) is 16.7. The molecular weight excluding hydrogens is 333 g/mol. The minimum Gasteiger partial charge on any atom is -0.438 e. The van der Waals surface area contributed by atoms with E-state index in [2.05, 4.69) is 9.72 Å². The molecule has 2 heterocycles. The van der Waals surface area contributed by atoms with Crippen LogP contribution in [-0.4, -0.2) is 54.1 Å². The number of alkyl halides is 3. The molecule has 23 heavy (non-hydrogen) atoms. The van der Waals surface area contributed by atoms with Crippen molar-refractivity contribution >= 4 is 11.3 Å². The van der Waals surface area contributed by atoms with Gasteiger partial charge in [-0.3, -0.25) is 4.90 Å². The molecular formula is C14H17F3N2O3S. The van der Waals surface area contributed by atoms with Crippen LogP contribution >= 0.6 is 11.3 Å². The largest absolute Gasteiger partial charge is 0.438 e. The average Bonchev–Trinajstić information content (AvgIpc) is 3.13. The van der Waals surface area contributed by atoms with Crippen molar-refractivity contribution in [3.63, 3.8) is 0 Å². The Morgan fingerprint density at radius 1 is 1.35 bits per heavy atom. The Kier molecular flexibility index (Phi) is 6.58. The highest BCUT2D eigenvalue weighted by Gasteiger charge is 2.27. The third-order valence-electron chi connectivity index (χ3n) is 2.91. The number of nitrogens with zero attached hydrogens (tertiary/aromatic N) is 2. The van der Waals surface area contributed by atoms with E-state index in [1.807, 2.05) is 17.5 Å². The Morgan fingerprint density at radius 3 is 2.83 bits per heavy atom. The molecule has 2 rings (SSSR count). The second-order valence-electron chi connectivity index (χ2n) is 4.76. The molecule has 0 amide bonds. The standard InChI is InChI=1S/C14H17F3N2O3S/c15-14(16,17)10-21-6-4-19(3-5-20)9-13-18-8-11(22-13)12-2-1-7-23-12/h1-2,7-8,20H,3-6,9-10H2. The highest BCUT2D eigenvalue weighted by molar-refractivity contribution is 7.13. The summed E-state index contributed by atoms with van der Waals surface area (Å²) in [6.45, 7) is -0.641. The van der Waals surface area contributed by atoms with Gasteiger partial charge in [-0.05, 0) is 11.4 Å². The molecule has 1 N–H and O–H groups in total. The van der Waals surface area contributed by atoms with Gasteiger partial charge in [-0.25, -0.2) is 4.98 Å². The minimum atomic E-state index is -4.33. The quantitative estimate of drug-likeness (QED) is 0.705. The van der Waals surface area contributed by atoms with Crippen molar-refractivity contribution in [1.82, 2.24) is 9.88 Å². The third kappa shape index (κ3) is 6.30. The Balaban J connectivity index is 1.84. The van der Waals surface area contributed by atoms with Crippen molar-refractivity contribution < 1.29 is 27.4 Å². The van der Waals surface area contributed by atoms with Gasteiger partial charge in [-0.2, -0.15) is 13.2 Å². The van der Waals surface area contributed by atoms with Crippen LogP contribution in [0.5, 0.6) is 0 Å². The fourth-order valence-electron chi connectivity index (χ4n) is 1.90. The molecule has 0 bridgehead atoms. The van der Waals surface area contributed by atoms with Crippen LogP contribution in [0.2, 0.25) is 0 Å². The van der Waals surface area contributed by atoms with Crippen LogP contribution in [0.3, 0.4) is 0 Å². The summed E-state index contributed by atoms with van der Waals surface area (Å²) in [6, 6.07) is 3.81. The number of hydrogen-bond acceptors (Lipinski definition) is 6. The first-order chi connectivity index (χ1) is 11.0. The Bertz CT molecular complexity index is 572. The number of aliphatic hydroxyl groups excluding tert-OH is 1. The van der Waals surface area contributed by atoms with E-state index < -0.39 is 12.8 Å². The van der Waals surface area contributed by atoms with Gasteiger partial charge in [-0.1, -0.05) is 6.07 Å². The van der Waals surface area contributed by atoms with E-state index in [9.17, 15) is 13.2 Å². The zero-order valence-electron chi connectivity index (χ0n) is 12.3. The maximum absolute atomic E-state index is 12.0. The molecule has 5 nitrogen and oxygen atoms in total. The Labute approximate surface area is 135 Å². The monoisotopic (exact) mass is 350 g/mol. The van der Waals surface area contributed by atoms with Gasteiger partial charge in [0.1, 0.15) is 6.61 Å². The molecule has 0 saturated carbocycles. The summed E-state index contributed by atoms with van der Waals surface area (Å²) < 4.78 is 46.2. The average molecular weight is 350 g/mol. The van der Waals surface area contributed by atoms with E-state index >= 15 is 0 Å². The summed E-state index contributed by atoms with van der Waals surface area (Å²) in [7, 11) is 0. The highest BCUT2D eigenvalue weighted by atomic mass is 32.1. The number of oxazole rings is 1. The predicted octanol–water partition coefficient (Wildman–Crippen LogP) is 2.78. The number of thiophene rings is 1. The summed E-state index contributed by atoms with van der Waals surface area (Å²) in [5.41, 5.74) is 0. The molecule has 0 aliphatic carbocycles. The van der Waals surface area contributed by atoms with Crippen LogP contribution in [0.25, 0.3) is 10.6 Å². The van der Waals surface area contributed by atoms with E-state index in [0.717, 1.165) is 4.88 Å². The molecule has 0 atom stereocenters. The lowest BCUT2D eigenvalue weighted by Crippen LogP contribution is -2.31.